The van der Waals surface area contributed by atoms with Crippen LogP contribution in [0.4, 0.5) is 8.78 Å². The van der Waals surface area contributed by atoms with E-state index in [0.717, 1.165) is 0 Å². The van der Waals surface area contributed by atoms with E-state index in [1.165, 1.54) is 12.1 Å². The lowest BCUT2D eigenvalue weighted by atomic mass is 10.0. The van der Waals surface area contributed by atoms with Crippen LogP contribution in [-0.4, -0.2) is 19.5 Å². The minimum absolute atomic E-state index is 0.0105. The lowest BCUT2D eigenvalue weighted by Crippen LogP contribution is -2.26. The fraction of sp³-hybridized carbons (Fsp3) is 0.200. The molecule has 2 aromatic rings. The summed E-state index contributed by atoms with van der Waals surface area (Å²) in [4.78, 5) is 0. The number of benzene rings is 2. The van der Waals surface area contributed by atoms with Crippen LogP contribution in [0.25, 0.3) is 11.1 Å². The van der Waals surface area contributed by atoms with Crippen molar-refractivity contribution in [3.63, 3.8) is 0 Å². The van der Waals surface area contributed by atoms with Crippen LogP contribution < -0.4 is 18.9 Å². The van der Waals surface area contributed by atoms with Crippen molar-refractivity contribution in [1.82, 2.24) is 0 Å². The first kappa shape index (κ1) is 12.3. The quantitative estimate of drug-likeness (QED) is 0.808. The van der Waals surface area contributed by atoms with E-state index in [0.29, 0.717) is 35.8 Å². The predicted octanol–water partition coefficient (Wildman–Crippen LogP) is 3.25. The smallest absolute Gasteiger partial charge is 0.486 e. The van der Waals surface area contributed by atoms with Gasteiger partial charge in [-0.2, -0.15) is 0 Å². The fourth-order valence-corrected chi connectivity index (χ4v) is 2.33. The molecule has 0 aromatic heterocycles. The normalized spacial score (nSPS) is 17.6. The first-order chi connectivity index (χ1) is 10.1. The SMILES string of the molecule is FC1(F)Oc2cc[c]c(-c3ccc4c(c3)OCCO4)c2O1. The zero-order valence-electron chi connectivity index (χ0n) is 10.7. The van der Waals surface area contributed by atoms with E-state index in [-0.39, 0.29) is 11.5 Å². The molecule has 107 valence electrons. The van der Waals surface area contributed by atoms with Crippen LogP contribution in [0, 0.1) is 6.07 Å². The average molecular weight is 291 g/mol. The lowest BCUT2D eigenvalue weighted by molar-refractivity contribution is -0.286. The molecular weight excluding hydrogens is 282 g/mol. The molecule has 4 nitrogen and oxygen atoms in total. The molecule has 0 fully saturated rings. The van der Waals surface area contributed by atoms with Gasteiger partial charge in [0.25, 0.3) is 0 Å². The van der Waals surface area contributed by atoms with Gasteiger partial charge in [0.15, 0.2) is 23.0 Å². The third kappa shape index (κ3) is 2.03. The highest BCUT2D eigenvalue weighted by Crippen LogP contribution is 2.47. The molecule has 0 aliphatic carbocycles. The van der Waals surface area contributed by atoms with Crippen LogP contribution in [0.2, 0.25) is 0 Å². The van der Waals surface area contributed by atoms with E-state index in [2.05, 4.69) is 15.5 Å². The largest absolute Gasteiger partial charge is 0.586 e. The van der Waals surface area contributed by atoms with Crippen LogP contribution in [0.5, 0.6) is 23.0 Å². The number of hydrogen-bond acceptors (Lipinski definition) is 4. The maximum Gasteiger partial charge on any atom is 0.586 e. The summed E-state index contributed by atoms with van der Waals surface area (Å²) < 4.78 is 46.3. The molecule has 0 unspecified atom stereocenters. The third-order valence-corrected chi connectivity index (χ3v) is 3.19. The van der Waals surface area contributed by atoms with Crippen LogP contribution in [0.15, 0.2) is 30.3 Å². The Morgan fingerprint density at radius 1 is 0.952 bits per heavy atom. The van der Waals surface area contributed by atoms with Gasteiger partial charge in [0, 0.05) is 5.56 Å². The maximum atomic E-state index is 13.2. The summed E-state index contributed by atoms with van der Waals surface area (Å²) in [7, 11) is 0. The summed E-state index contributed by atoms with van der Waals surface area (Å²) in [5, 5.41) is 0. The minimum Gasteiger partial charge on any atom is -0.486 e. The molecule has 0 amide bonds. The Morgan fingerprint density at radius 3 is 2.62 bits per heavy atom. The molecule has 0 saturated carbocycles. The van der Waals surface area contributed by atoms with E-state index in [9.17, 15) is 8.78 Å². The van der Waals surface area contributed by atoms with Crippen molar-refractivity contribution in [2.24, 2.45) is 0 Å². The van der Waals surface area contributed by atoms with E-state index < -0.39 is 6.29 Å². The first-order valence-corrected chi connectivity index (χ1v) is 6.33. The van der Waals surface area contributed by atoms with Gasteiger partial charge in [0.2, 0.25) is 0 Å². The Labute approximate surface area is 118 Å². The second-order valence-corrected chi connectivity index (χ2v) is 4.57. The van der Waals surface area contributed by atoms with Gasteiger partial charge < -0.3 is 18.9 Å². The molecule has 0 spiro atoms. The number of fused-ring (bicyclic) bond motifs is 2. The van der Waals surface area contributed by atoms with Crippen molar-refractivity contribution in [1.29, 1.82) is 0 Å². The average Bonchev–Trinajstić information content (AvgIpc) is 2.80. The monoisotopic (exact) mass is 291 g/mol. The highest BCUT2D eigenvalue weighted by atomic mass is 19.3. The summed E-state index contributed by atoms with van der Waals surface area (Å²) in [6.07, 6.45) is -3.65. The molecule has 2 aliphatic rings. The number of ether oxygens (including phenoxy) is 4. The Morgan fingerprint density at radius 2 is 1.76 bits per heavy atom. The molecule has 2 aliphatic heterocycles. The summed E-state index contributed by atoms with van der Waals surface area (Å²) in [6, 6.07) is 11.0. The Kier molecular flexibility index (Phi) is 2.48. The van der Waals surface area contributed by atoms with Gasteiger partial charge in [-0.15, -0.1) is 8.78 Å². The van der Waals surface area contributed by atoms with Gasteiger partial charge in [0.05, 0.1) is 0 Å². The van der Waals surface area contributed by atoms with Crippen molar-refractivity contribution in [2.75, 3.05) is 13.2 Å². The summed E-state index contributed by atoms with van der Waals surface area (Å²) in [5.74, 6) is 1.15. The van der Waals surface area contributed by atoms with Crippen LogP contribution >= 0.6 is 0 Å². The van der Waals surface area contributed by atoms with E-state index in [4.69, 9.17) is 9.47 Å². The molecule has 2 heterocycles. The number of alkyl halides is 2. The summed E-state index contributed by atoms with van der Waals surface area (Å²) in [5.41, 5.74) is 1.03. The fourth-order valence-electron chi connectivity index (χ4n) is 2.33. The zero-order chi connectivity index (χ0) is 14.4. The second kappa shape index (κ2) is 4.25. The zero-order valence-corrected chi connectivity index (χ0v) is 10.7. The number of hydrogen-bond donors (Lipinski definition) is 0. The van der Waals surface area contributed by atoms with Gasteiger partial charge in [-0.25, -0.2) is 0 Å². The van der Waals surface area contributed by atoms with Crippen molar-refractivity contribution >= 4 is 0 Å². The van der Waals surface area contributed by atoms with Crippen LogP contribution in [0.3, 0.4) is 0 Å². The van der Waals surface area contributed by atoms with E-state index >= 15 is 0 Å². The molecule has 2 aromatic carbocycles. The second-order valence-electron chi connectivity index (χ2n) is 4.57. The minimum atomic E-state index is -3.65. The maximum absolute atomic E-state index is 13.2. The van der Waals surface area contributed by atoms with Gasteiger partial charge in [-0.1, -0.05) is 6.07 Å². The molecule has 0 atom stereocenters. The van der Waals surface area contributed by atoms with Gasteiger partial charge in [-0.3, -0.25) is 0 Å². The first-order valence-electron chi connectivity index (χ1n) is 6.33. The standard InChI is InChI=1S/C15H9F2O4/c16-15(17)20-12-3-1-2-10(14(12)21-15)9-4-5-11-13(8-9)19-7-6-18-11/h1,3-5,8H,6-7H2. The van der Waals surface area contributed by atoms with Crippen LogP contribution in [0.1, 0.15) is 0 Å². The molecule has 0 N–H and O–H groups in total. The summed E-state index contributed by atoms with van der Waals surface area (Å²) >= 11 is 0. The van der Waals surface area contributed by atoms with E-state index in [1.54, 1.807) is 18.2 Å². The predicted molar refractivity (Wildman–Crippen MR) is 67.9 cm³/mol. The summed E-state index contributed by atoms with van der Waals surface area (Å²) in [6.45, 7) is 0.938. The highest BCUT2D eigenvalue weighted by Gasteiger charge is 2.44. The number of rotatable bonds is 1. The molecule has 6 heteroatoms. The topological polar surface area (TPSA) is 36.9 Å². The Balaban J connectivity index is 1.80. The highest BCUT2D eigenvalue weighted by molar-refractivity contribution is 5.75. The van der Waals surface area contributed by atoms with Gasteiger partial charge in [0.1, 0.15) is 13.2 Å². The van der Waals surface area contributed by atoms with Gasteiger partial charge >= 0.3 is 6.29 Å². The van der Waals surface area contributed by atoms with Crippen molar-refractivity contribution in [2.45, 2.75) is 6.29 Å². The number of halogens is 2. The lowest BCUT2D eigenvalue weighted by Gasteiger charge is -2.19. The molecule has 21 heavy (non-hydrogen) atoms. The van der Waals surface area contributed by atoms with Crippen LogP contribution in [-0.2, 0) is 0 Å². The Bertz CT molecular complexity index is 715. The Hall–Kier alpha value is -2.50. The van der Waals surface area contributed by atoms with Gasteiger partial charge in [-0.05, 0) is 35.9 Å². The molecule has 0 saturated heterocycles. The van der Waals surface area contributed by atoms with E-state index in [1.807, 2.05) is 0 Å². The molecule has 1 radical (unpaired) electrons. The van der Waals surface area contributed by atoms with Crippen molar-refractivity contribution in [3.8, 4) is 34.1 Å². The molecular formula is C15H9F2O4. The van der Waals surface area contributed by atoms with Crippen molar-refractivity contribution in [3.05, 3.63) is 36.4 Å². The molecule has 4 rings (SSSR count). The third-order valence-electron chi connectivity index (χ3n) is 3.19. The molecule has 0 bridgehead atoms. The van der Waals surface area contributed by atoms with Crippen molar-refractivity contribution < 1.29 is 27.7 Å².